The summed E-state index contributed by atoms with van der Waals surface area (Å²) in [5.41, 5.74) is 0. The molecule has 3 heterocycles. The van der Waals surface area contributed by atoms with Crippen molar-refractivity contribution in [3.8, 4) is 0 Å². The van der Waals surface area contributed by atoms with Crippen molar-refractivity contribution in [2.75, 3.05) is 39.8 Å². The van der Waals surface area contributed by atoms with E-state index in [0.717, 1.165) is 37.7 Å². The molecule has 2 fully saturated rings. The van der Waals surface area contributed by atoms with Gasteiger partial charge in [-0.3, -0.25) is 9.79 Å². The highest BCUT2D eigenvalue weighted by Gasteiger charge is 2.30. The molecule has 140 valence electrons. The number of carbonyl (C=O) groups excluding carboxylic acids is 1. The maximum absolute atomic E-state index is 12.4. The zero-order valence-corrected chi connectivity index (χ0v) is 17.0. The van der Waals surface area contributed by atoms with E-state index in [2.05, 4.69) is 25.4 Å². The summed E-state index contributed by atoms with van der Waals surface area (Å²) in [5.74, 6) is 1.81. The van der Waals surface area contributed by atoms with Crippen molar-refractivity contribution in [1.29, 1.82) is 0 Å². The molecule has 1 amide bonds. The summed E-state index contributed by atoms with van der Waals surface area (Å²) >= 11 is 0. The van der Waals surface area contributed by atoms with Crippen LogP contribution in [0.2, 0.25) is 0 Å². The van der Waals surface area contributed by atoms with Crippen molar-refractivity contribution >= 4 is 35.8 Å². The van der Waals surface area contributed by atoms with E-state index >= 15 is 0 Å². The first-order chi connectivity index (χ1) is 11.7. The van der Waals surface area contributed by atoms with Crippen molar-refractivity contribution in [3.05, 3.63) is 12.2 Å². The van der Waals surface area contributed by atoms with Crippen LogP contribution in [-0.2, 0) is 23.1 Å². The molecule has 1 N–H and O–H groups in total. The number of guanidine groups is 1. The van der Waals surface area contributed by atoms with Crippen molar-refractivity contribution in [2.45, 2.75) is 25.5 Å². The Labute approximate surface area is 164 Å². The minimum absolute atomic E-state index is 0. The van der Waals surface area contributed by atoms with Crippen molar-refractivity contribution in [1.82, 2.24) is 29.9 Å². The second-order valence-corrected chi connectivity index (χ2v) is 6.07. The van der Waals surface area contributed by atoms with Crippen molar-refractivity contribution < 1.29 is 9.53 Å². The molecule has 2 aliphatic heterocycles. The molecule has 0 spiro atoms. The minimum Gasteiger partial charge on any atom is -0.368 e. The van der Waals surface area contributed by atoms with Crippen LogP contribution in [0.1, 0.15) is 18.7 Å². The predicted molar refractivity (Wildman–Crippen MR) is 104 cm³/mol. The Morgan fingerprint density at radius 1 is 1.36 bits per heavy atom. The number of hydrogen-bond acceptors (Lipinski definition) is 5. The van der Waals surface area contributed by atoms with E-state index in [-0.39, 0.29) is 36.0 Å². The normalized spacial score (nSPS) is 21.2. The lowest BCUT2D eigenvalue weighted by Crippen LogP contribution is -2.55. The van der Waals surface area contributed by atoms with Crippen molar-refractivity contribution in [3.63, 3.8) is 0 Å². The number of aliphatic imine (C=N–C) groups is 1. The van der Waals surface area contributed by atoms with Gasteiger partial charge in [0.25, 0.3) is 5.91 Å². The summed E-state index contributed by atoms with van der Waals surface area (Å²) < 4.78 is 7.37. The standard InChI is InChI=1S/C15H25N7O2.HI/c1-16-15(17-10-13-19-18-11-20(13)2)22-7-5-21(6-8-22)14(23)12-4-3-9-24-12;/h11-12H,3-10H2,1-2H3,(H,16,17);1H. The van der Waals surface area contributed by atoms with Gasteiger partial charge in [-0.05, 0) is 12.8 Å². The smallest absolute Gasteiger partial charge is 0.251 e. The fraction of sp³-hybridized carbons (Fsp3) is 0.733. The van der Waals surface area contributed by atoms with Gasteiger partial charge >= 0.3 is 0 Å². The summed E-state index contributed by atoms with van der Waals surface area (Å²) in [6.07, 6.45) is 3.27. The van der Waals surface area contributed by atoms with Gasteiger partial charge in [-0.15, -0.1) is 34.2 Å². The monoisotopic (exact) mass is 463 g/mol. The summed E-state index contributed by atoms with van der Waals surface area (Å²) in [4.78, 5) is 20.8. The molecule has 1 unspecified atom stereocenters. The van der Waals surface area contributed by atoms with E-state index in [1.807, 2.05) is 16.5 Å². The number of nitrogens with one attached hydrogen (secondary N) is 1. The number of carbonyl (C=O) groups is 1. The molecule has 2 saturated heterocycles. The summed E-state index contributed by atoms with van der Waals surface area (Å²) in [6.45, 7) is 4.19. The van der Waals surface area contributed by atoms with E-state index in [9.17, 15) is 4.79 Å². The number of amides is 1. The van der Waals surface area contributed by atoms with Gasteiger partial charge in [0.15, 0.2) is 11.8 Å². The first kappa shape index (κ1) is 19.9. The van der Waals surface area contributed by atoms with Crippen LogP contribution in [-0.4, -0.2) is 82.4 Å². The summed E-state index contributed by atoms with van der Waals surface area (Å²) in [5, 5.41) is 11.2. The van der Waals surface area contributed by atoms with E-state index in [1.165, 1.54) is 0 Å². The van der Waals surface area contributed by atoms with Gasteiger partial charge in [-0.1, -0.05) is 0 Å². The van der Waals surface area contributed by atoms with Gasteiger partial charge in [0.2, 0.25) is 0 Å². The third-order valence-electron chi connectivity index (χ3n) is 4.52. The first-order valence-electron chi connectivity index (χ1n) is 8.38. The van der Waals surface area contributed by atoms with Crippen LogP contribution in [0, 0.1) is 0 Å². The van der Waals surface area contributed by atoms with Crippen LogP contribution in [0.25, 0.3) is 0 Å². The SMILES string of the molecule is CN=C(NCc1nncn1C)N1CCN(C(=O)C2CCCO2)CC1.I. The lowest BCUT2D eigenvalue weighted by molar-refractivity contribution is -0.142. The molecule has 0 bridgehead atoms. The highest BCUT2D eigenvalue weighted by Crippen LogP contribution is 2.16. The van der Waals surface area contributed by atoms with Gasteiger partial charge in [0.05, 0.1) is 6.54 Å². The van der Waals surface area contributed by atoms with E-state index in [4.69, 9.17) is 4.74 Å². The van der Waals surface area contributed by atoms with Crippen LogP contribution in [0.5, 0.6) is 0 Å². The molecule has 1 aromatic rings. The van der Waals surface area contributed by atoms with Crippen LogP contribution in [0.4, 0.5) is 0 Å². The second kappa shape index (κ2) is 9.32. The van der Waals surface area contributed by atoms with Crippen LogP contribution in [0.3, 0.4) is 0 Å². The highest BCUT2D eigenvalue weighted by atomic mass is 127. The van der Waals surface area contributed by atoms with Crippen LogP contribution < -0.4 is 5.32 Å². The average Bonchev–Trinajstić information content (AvgIpc) is 3.27. The third kappa shape index (κ3) is 4.81. The predicted octanol–water partition coefficient (Wildman–Crippen LogP) is -0.168. The van der Waals surface area contributed by atoms with Gasteiger partial charge in [-0.2, -0.15) is 0 Å². The Morgan fingerprint density at radius 2 is 2.08 bits per heavy atom. The maximum atomic E-state index is 12.4. The summed E-state index contributed by atoms with van der Waals surface area (Å²) in [6, 6.07) is 0. The van der Waals surface area contributed by atoms with Gasteiger partial charge in [-0.25, -0.2) is 0 Å². The zero-order chi connectivity index (χ0) is 16.9. The fourth-order valence-electron chi connectivity index (χ4n) is 3.07. The largest absolute Gasteiger partial charge is 0.368 e. The molecule has 1 atom stereocenters. The molecule has 10 heteroatoms. The Balaban J connectivity index is 0.00000225. The number of ether oxygens (including phenoxy) is 1. The van der Waals surface area contributed by atoms with Gasteiger partial charge in [0, 0.05) is 46.9 Å². The first-order valence-corrected chi connectivity index (χ1v) is 8.38. The average molecular weight is 463 g/mol. The Bertz CT molecular complexity index is 592. The number of halogens is 1. The second-order valence-electron chi connectivity index (χ2n) is 6.07. The number of hydrogen-bond donors (Lipinski definition) is 1. The maximum Gasteiger partial charge on any atom is 0.251 e. The highest BCUT2D eigenvalue weighted by molar-refractivity contribution is 14.0. The Morgan fingerprint density at radius 3 is 2.64 bits per heavy atom. The number of aromatic nitrogens is 3. The van der Waals surface area contributed by atoms with Crippen LogP contribution >= 0.6 is 24.0 Å². The molecular weight excluding hydrogens is 437 g/mol. The fourth-order valence-corrected chi connectivity index (χ4v) is 3.07. The molecule has 3 rings (SSSR count). The third-order valence-corrected chi connectivity index (χ3v) is 4.52. The Kier molecular flexibility index (Phi) is 7.41. The number of aryl methyl sites for hydroxylation is 1. The number of piperazine rings is 1. The molecule has 1 aromatic heterocycles. The van der Waals surface area contributed by atoms with E-state index in [0.29, 0.717) is 26.2 Å². The topological polar surface area (TPSA) is 87.9 Å². The lowest BCUT2D eigenvalue weighted by atomic mass is 10.2. The molecule has 2 aliphatic rings. The van der Waals surface area contributed by atoms with Crippen molar-refractivity contribution in [2.24, 2.45) is 12.0 Å². The molecule has 0 aliphatic carbocycles. The quantitative estimate of drug-likeness (QED) is 0.381. The lowest BCUT2D eigenvalue weighted by Gasteiger charge is -2.37. The van der Waals surface area contributed by atoms with Gasteiger partial charge in [0.1, 0.15) is 12.4 Å². The molecule has 0 radical (unpaired) electrons. The molecule has 0 saturated carbocycles. The van der Waals surface area contributed by atoms with E-state index < -0.39 is 0 Å². The zero-order valence-electron chi connectivity index (χ0n) is 14.7. The number of nitrogens with zero attached hydrogens (tertiary/aromatic N) is 6. The Hall–Kier alpha value is -1.43. The molecule has 0 aromatic carbocycles. The number of rotatable bonds is 3. The van der Waals surface area contributed by atoms with Crippen LogP contribution in [0.15, 0.2) is 11.3 Å². The summed E-state index contributed by atoms with van der Waals surface area (Å²) in [7, 11) is 3.68. The molecule has 9 nitrogen and oxygen atoms in total. The molecular formula is C15H26IN7O2. The minimum atomic E-state index is -0.232. The van der Waals surface area contributed by atoms with E-state index in [1.54, 1.807) is 13.4 Å². The van der Waals surface area contributed by atoms with Gasteiger partial charge < -0.3 is 24.4 Å². The molecule has 25 heavy (non-hydrogen) atoms.